The van der Waals surface area contributed by atoms with E-state index in [-0.39, 0.29) is 24.2 Å². The van der Waals surface area contributed by atoms with Crippen molar-refractivity contribution in [3.63, 3.8) is 0 Å². The SMILES string of the molecule is COc1cc(CN2CCC(O)(c3c(F)cccc3F)CC2)ccc1O. The van der Waals surface area contributed by atoms with Crippen molar-refractivity contribution in [1.29, 1.82) is 0 Å². The van der Waals surface area contributed by atoms with Gasteiger partial charge in [-0.15, -0.1) is 0 Å². The van der Waals surface area contributed by atoms with Crippen molar-refractivity contribution in [2.24, 2.45) is 0 Å². The Labute approximate surface area is 145 Å². The molecule has 25 heavy (non-hydrogen) atoms. The van der Waals surface area contributed by atoms with Crippen LogP contribution in [0.2, 0.25) is 0 Å². The number of piperidine rings is 1. The van der Waals surface area contributed by atoms with E-state index in [2.05, 4.69) is 4.90 Å². The van der Waals surface area contributed by atoms with Crippen molar-refractivity contribution in [3.8, 4) is 11.5 Å². The van der Waals surface area contributed by atoms with E-state index in [1.165, 1.54) is 25.3 Å². The van der Waals surface area contributed by atoms with E-state index in [1.807, 2.05) is 0 Å². The zero-order valence-corrected chi connectivity index (χ0v) is 14.0. The lowest BCUT2D eigenvalue weighted by Gasteiger charge is -2.38. The average Bonchev–Trinajstić information content (AvgIpc) is 2.58. The number of hydrogen-bond acceptors (Lipinski definition) is 4. The second kappa shape index (κ2) is 6.98. The van der Waals surface area contributed by atoms with E-state index >= 15 is 0 Å². The maximum Gasteiger partial charge on any atom is 0.160 e. The number of hydrogen-bond donors (Lipinski definition) is 2. The molecule has 1 fully saturated rings. The number of benzene rings is 2. The van der Waals surface area contributed by atoms with Crippen molar-refractivity contribution in [2.75, 3.05) is 20.2 Å². The quantitative estimate of drug-likeness (QED) is 0.890. The van der Waals surface area contributed by atoms with Gasteiger partial charge in [-0.3, -0.25) is 4.90 Å². The number of aromatic hydroxyl groups is 1. The topological polar surface area (TPSA) is 52.9 Å². The maximum atomic E-state index is 14.0. The van der Waals surface area contributed by atoms with E-state index in [4.69, 9.17) is 4.74 Å². The highest BCUT2D eigenvalue weighted by Gasteiger charge is 2.38. The maximum absolute atomic E-state index is 14.0. The summed E-state index contributed by atoms with van der Waals surface area (Å²) in [5, 5.41) is 20.4. The van der Waals surface area contributed by atoms with Crippen molar-refractivity contribution < 1.29 is 23.7 Å². The van der Waals surface area contributed by atoms with Crippen LogP contribution in [0.4, 0.5) is 8.78 Å². The smallest absolute Gasteiger partial charge is 0.160 e. The van der Waals surface area contributed by atoms with Crippen molar-refractivity contribution in [1.82, 2.24) is 4.90 Å². The molecule has 0 unspecified atom stereocenters. The Morgan fingerprint density at radius 3 is 2.36 bits per heavy atom. The first kappa shape index (κ1) is 17.6. The van der Waals surface area contributed by atoms with Crippen molar-refractivity contribution in [3.05, 3.63) is 59.2 Å². The molecule has 134 valence electrons. The second-order valence-electron chi connectivity index (χ2n) is 6.41. The van der Waals surface area contributed by atoms with Crippen LogP contribution in [0.3, 0.4) is 0 Å². The molecule has 0 bridgehead atoms. The first-order valence-electron chi connectivity index (χ1n) is 8.18. The summed E-state index contributed by atoms with van der Waals surface area (Å²) in [4.78, 5) is 2.10. The van der Waals surface area contributed by atoms with Crippen LogP contribution in [0.15, 0.2) is 36.4 Å². The molecule has 0 spiro atoms. The van der Waals surface area contributed by atoms with Crippen LogP contribution in [0.5, 0.6) is 11.5 Å². The Morgan fingerprint density at radius 1 is 1.12 bits per heavy atom. The van der Waals surface area contributed by atoms with Gasteiger partial charge >= 0.3 is 0 Å². The zero-order valence-electron chi connectivity index (χ0n) is 14.0. The van der Waals surface area contributed by atoms with E-state index in [0.717, 1.165) is 5.56 Å². The van der Waals surface area contributed by atoms with Gasteiger partial charge in [0, 0.05) is 19.6 Å². The summed E-state index contributed by atoms with van der Waals surface area (Å²) in [5.74, 6) is -0.938. The van der Waals surface area contributed by atoms with Gasteiger partial charge in [0.25, 0.3) is 0 Å². The highest BCUT2D eigenvalue weighted by atomic mass is 19.1. The highest BCUT2D eigenvalue weighted by molar-refractivity contribution is 5.41. The molecule has 4 nitrogen and oxygen atoms in total. The Morgan fingerprint density at radius 2 is 1.76 bits per heavy atom. The fraction of sp³-hybridized carbons (Fsp3) is 0.368. The zero-order chi connectivity index (χ0) is 18.0. The third-order valence-corrected chi connectivity index (χ3v) is 4.76. The Balaban J connectivity index is 1.69. The predicted octanol–water partition coefficient (Wildman–Crippen LogP) is 3.16. The number of phenols is 1. The molecule has 0 aromatic heterocycles. The lowest BCUT2D eigenvalue weighted by molar-refractivity contribution is -0.0329. The van der Waals surface area contributed by atoms with Gasteiger partial charge in [0.1, 0.15) is 11.6 Å². The normalized spacial score (nSPS) is 17.4. The number of ether oxygens (including phenoxy) is 1. The molecule has 2 N–H and O–H groups in total. The fourth-order valence-electron chi connectivity index (χ4n) is 3.35. The molecule has 6 heteroatoms. The summed E-state index contributed by atoms with van der Waals surface area (Å²) in [7, 11) is 1.49. The molecule has 1 aliphatic heterocycles. The second-order valence-corrected chi connectivity index (χ2v) is 6.41. The van der Waals surface area contributed by atoms with Crippen molar-refractivity contribution >= 4 is 0 Å². The van der Waals surface area contributed by atoms with Gasteiger partial charge in [0.15, 0.2) is 11.5 Å². The van der Waals surface area contributed by atoms with Crippen LogP contribution in [0, 0.1) is 11.6 Å². The van der Waals surface area contributed by atoms with E-state index in [9.17, 15) is 19.0 Å². The number of likely N-dealkylation sites (tertiary alicyclic amines) is 1. The minimum absolute atomic E-state index is 0.0781. The Hall–Kier alpha value is -2.18. The van der Waals surface area contributed by atoms with Gasteiger partial charge in [-0.05, 0) is 42.7 Å². The van der Waals surface area contributed by atoms with Crippen LogP contribution < -0.4 is 4.74 Å². The molecule has 2 aromatic rings. The molecule has 2 aromatic carbocycles. The van der Waals surface area contributed by atoms with Crippen LogP contribution >= 0.6 is 0 Å². The Bertz CT molecular complexity index is 738. The largest absolute Gasteiger partial charge is 0.504 e. The Kier molecular flexibility index (Phi) is 4.92. The van der Waals surface area contributed by atoms with Gasteiger partial charge in [-0.25, -0.2) is 8.78 Å². The minimum atomic E-state index is -1.49. The molecular formula is C19H21F2NO3. The monoisotopic (exact) mass is 349 g/mol. The number of phenolic OH excluding ortho intramolecular Hbond substituents is 1. The molecule has 1 heterocycles. The standard InChI is InChI=1S/C19H21F2NO3/c1-25-17-11-13(5-6-16(17)23)12-22-9-7-19(24,8-10-22)18-14(20)3-2-4-15(18)21/h2-6,11,23-24H,7-10,12H2,1H3. The molecule has 0 atom stereocenters. The van der Waals surface area contributed by atoms with Gasteiger partial charge in [-0.2, -0.15) is 0 Å². The number of rotatable bonds is 4. The molecule has 0 saturated carbocycles. The summed E-state index contributed by atoms with van der Waals surface area (Å²) in [6.45, 7) is 1.62. The summed E-state index contributed by atoms with van der Waals surface area (Å²) in [6, 6.07) is 8.77. The molecule has 0 radical (unpaired) electrons. The molecule has 0 aliphatic carbocycles. The van der Waals surface area contributed by atoms with Gasteiger partial charge in [0.2, 0.25) is 0 Å². The molecule has 3 rings (SSSR count). The molecular weight excluding hydrogens is 328 g/mol. The van der Waals surface area contributed by atoms with Gasteiger partial charge < -0.3 is 14.9 Å². The van der Waals surface area contributed by atoms with Crippen LogP contribution in [0.1, 0.15) is 24.0 Å². The molecule has 1 aliphatic rings. The summed E-state index contributed by atoms with van der Waals surface area (Å²) in [6.07, 6.45) is 0.500. The fourth-order valence-corrected chi connectivity index (χ4v) is 3.35. The first-order valence-corrected chi connectivity index (χ1v) is 8.18. The summed E-state index contributed by atoms with van der Waals surface area (Å²) >= 11 is 0. The number of aliphatic hydroxyl groups is 1. The number of nitrogens with zero attached hydrogens (tertiary/aromatic N) is 1. The van der Waals surface area contributed by atoms with Crippen LogP contribution in [-0.2, 0) is 12.1 Å². The van der Waals surface area contributed by atoms with Crippen molar-refractivity contribution in [2.45, 2.75) is 25.0 Å². The molecule has 1 saturated heterocycles. The van der Waals surface area contributed by atoms with Crippen LogP contribution in [0.25, 0.3) is 0 Å². The molecule has 0 amide bonds. The van der Waals surface area contributed by atoms with Gasteiger partial charge in [-0.1, -0.05) is 12.1 Å². The highest BCUT2D eigenvalue weighted by Crippen LogP contribution is 2.36. The number of methoxy groups -OCH3 is 1. The average molecular weight is 349 g/mol. The van der Waals surface area contributed by atoms with Gasteiger partial charge in [0.05, 0.1) is 18.3 Å². The van der Waals surface area contributed by atoms with E-state index in [1.54, 1.807) is 18.2 Å². The lowest BCUT2D eigenvalue weighted by Crippen LogP contribution is -2.43. The summed E-state index contributed by atoms with van der Waals surface area (Å²) in [5.41, 5.74) is -0.767. The van der Waals surface area contributed by atoms with E-state index in [0.29, 0.717) is 25.4 Å². The minimum Gasteiger partial charge on any atom is -0.504 e. The third kappa shape index (κ3) is 3.60. The summed E-state index contributed by atoms with van der Waals surface area (Å²) < 4.78 is 33.1. The number of halogens is 2. The lowest BCUT2D eigenvalue weighted by atomic mass is 9.83. The predicted molar refractivity (Wildman–Crippen MR) is 89.4 cm³/mol. The third-order valence-electron chi connectivity index (χ3n) is 4.76. The first-order chi connectivity index (χ1) is 11.9. The van der Waals surface area contributed by atoms with E-state index < -0.39 is 17.2 Å². The van der Waals surface area contributed by atoms with Crippen LogP contribution in [-0.4, -0.2) is 35.3 Å².